The zero-order chi connectivity index (χ0) is 12.7. The molecule has 3 atom stereocenters. The fourth-order valence-electron chi connectivity index (χ4n) is 3.34. The highest BCUT2D eigenvalue weighted by atomic mass is 16.2. The SMILES string of the molecule is CC(N)c1cccc(NC(=O)C2C3CCCC32)c1. The van der Waals surface area contributed by atoms with Crippen molar-refractivity contribution in [3.8, 4) is 0 Å². The molecule has 0 radical (unpaired) electrons. The van der Waals surface area contributed by atoms with Gasteiger partial charge in [-0.15, -0.1) is 0 Å². The summed E-state index contributed by atoms with van der Waals surface area (Å²) in [6, 6.07) is 7.85. The molecule has 0 aromatic heterocycles. The van der Waals surface area contributed by atoms with Crippen LogP contribution in [0.1, 0.15) is 37.8 Å². The smallest absolute Gasteiger partial charge is 0.228 e. The second-order valence-corrected chi connectivity index (χ2v) is 5.69. The summed E-state index contributed by atoms with van der Waals surface area (Å²) >= 11 is 0. The van der Waals surface area contributed by atoms with E-state index < -0.39 is 0 Å². The number of benzene rings is 1. The maximum Gasteiger partial charge on any atom is 0.228 e. The van der Waals surface area contributed by atoms with E-state index >= 15 is 0 Å². The van der Waals surface area contributed by atoms with Gasteiger partial charge in [-0.2, -0.15) is 0 Å². The van der Waals surface area contributed by atoms with Gasteiger partial charge in [0.05, 0.1) is 0 Å². The van der Waals surface area contributed by atoms with Crippen molar-refractivity contribution < 1.29 is 4.79 Å². The summed E-state index contributed by atoms with van der Waals surface area (Å²) in [7, 11) is 0. The highest BCUT2D eigenvalue weighted by Gasteiger charge is 2.56. The summed E-state index contributed by atoms with van der Waals surface area (Å²) in [5.41, 5.74) is 7.78. The Labute approximate surface area is 108 Å². The number of carbonyl (C=O) groups is 1. The van der Waals surface area contributed by atoms with Gasteiger partial charge >= 0.3 is 0 Å². The van der Waals surface area contributed by atoms with E-state index in [-0.39, 0.29) is 17.9 Å². The van der Waals surface area contributed by atoms with Crippen molar-refractivity contribution in [2.45, 2.75) is 32.2 Å². The average molecular weight is 244 g/mol. The van der Waals surface area contributed by atoms with Crippen LogP contribution in [0.5, 0.6) is 0 Å². The molecule has 2 aliphatic rings. The van der Waals surface area contributed by atoms with Gasteiger partial charge in [-0.05, 0) is 49.3 Å². The Bertz CT molecular complexity index is 459. The molecule has 18 heavy (non-hydrogen) atoms. The van der Waals surface area contributed by atoms with Crippen molar-refractivity contribution in [3.05, 3.63) is 29.8 Å². The Hall–Kier alpha value is -1.35. The predicted octanol–water partition coefficient (Wildman–Crippen LogP) is 2.69. The summed E-state index contributed by atoms with van der Waals surface area (Å²) in [5.74, 6) is 1.81. The van der Waals surface area contributed by atoms with Crippen molar-refractivity contribution >= 4 is 11.6 Å². The Kier molecular flexibility index (Phi) is 2.86. The Morgan fingerprint density at radius 1 is 1.39 bits per heavy atom. The summed E-state index contributed by atoms with van der Waals surface area (Å²) in [4.78, 5) is 12.1. The molecule has 3 rings (SSSR count). The normalized spacial score (nSPS) is 30.7. The minimum absolute atomic E-state index is 0.00200. The minimum atomic E-state index is 0.00200. The molecule has 1 aromatic rings. The first kappa shape index (κ1) is 11.7. The quantitative estimate of drug-likeness (QED) is 0.859. The van der Waals surface area contributed by atoms with Crippen LogP contribution in [-0.4, -0.2) is 5.91 Å². The molecular weight excluding hydrogens is 224 g/mol. The number of anilines is 1. The standard InChI is InChI=1S/C15H20N2O/c1-9(16)10-4-2-5-11(8-10)17-15(18)14-12-6-3-7-13(12)14/h2,4-5,8-9,12-14H,3,6-7,16H2,1H3,(H,17,18). The largest absolute Gasteiger partial charge is 0.326 e. The molecule has 3 unspecified atom stereocenters. The summed E-state index contributed by atoms with van der Waals surface area (Å²) in [6.45, 7) is 1.95. The van der Waals surface area contributed by atoms with Gasteiger partial charge in [0.15, 0.2) is 0 Å². The number of nitrogens with two attached hydrogens (primary N) is 1. The second kappa shape index (κ2) is 4.39. The van der Waals surface area contributed by atoms with Crippen molar-refractivity contribution in [1.82, 2.24) is 0 Å². The topological polar surface area (TPSA) is 55.1 Å². The molecule has 3 heteroatoms. The maximum absolute atomic E-state index is 12.1. The monoisotopic (exact) mass is 244 g/mol. The zero-order valence-corrected chi connectivity index (χ0v) is 10.7. The van der Waals surface area contributed by atoms with Crippen molar-refractivity contribution in [3.63, 3.8) is 0 Å². The third-order valence-electron chi connectivity index (χ3n) is 4.39. The van der Waals surface area contributed by atoms with Crippen molar-refractivity contribution in [2.75, 3.05) is 5.32 Å². The van der Waals surface area contributed by atoms with Gasteiger partial charge in [0, 0.05) is 17.6 Å². The van der Waals surface area contributed by atoms with Gasteiger partial charge in [0.2, 0.25) is 5.91 Å². The van der Waals surface area contributed by atoms with Crippen LogP contribution in [0.25, 0.3) is 0 Å². The molecule has 3 N–H and O–H groups in total. The van der Waals surface area contributed by atoms with Gasteiger partial charge in [-0.25, -0.2) is 0 Å². The summed E-state index contributed by atoms with van der Waals surface area (Å²) < 4.78 is 0. The molecule has 3 nitrogen and oxygen atoms in total. The molecule has 2 fully saturated rings. The van der Waals surface area contributed by atoms with E-state index in [4.69, 9.17) is 5.73 Å². The molecule has 1 aromatic carbocycles. The third-order valence-corrected chi connectivity index (χ3v) is 4.39. The highest BCUT2D eigenvalue weighted by molar-refractivity contribution is 5.95. The predicted molar refractivity (Wildman–Crippen MR) is 72.0 cm³/mol. The molecule has 0 aliphatic heterocycles. The number of hydrogen-bond donors (Lipinski definition) is 2. The molecule has 0 heterocycles. The Morgan fingerprint density at radius 3 is 2.78 bits per heavy atom. The first-order valence-corrected chi connectivity index (χ1v) is 6.83. The van der Waals surface area contributed by atoms with Crippen LogP contribution in [0.3, 0.4) is 0 Å². The van der Waals surface area contributed by atoms with E-state index in [1.807, 2.05) is 31.2 Å². The van der Waals surface area contributed by atoms with Crippen LogP contribution in [0.4, 0.5) is 5.69 Å². The number of carbonyl (C=O) groups excluding carboxylic acids is 1. The summed E-state index contributed by atoms with van der Waals surface area (Å²) in [6.07, 6.45) is 3.78. The Balaban J connectivity index is 1.66. The second-order valence-electron chi connectivity index (χ2n) is 5.69. The van der Waals surface area contributed by atoms with Gasteiger partial charge in [-0.1, -0.05) is 18.6 Å². The van der Waals surface area contributed by atoms with Gasteiger partial charge in [0.25, 0.3) is 0 Å². The molecule has 1 amide bonds. The zero-order valence-electron chi connectivity index (χ0n) is 10.7. The van der Waals surface area contributed by atoms with E-state index in [1.54, 1.807) is 0 Å². The molecule has 0 spiro atoms. The van der Waals surface area contributed by atoms with E-state index in [1.165, 1.54) is 19.3 Å². The molecular formula is C15H20N2O. The Morgan fingerprint density at radius 2 is 2.11 bits per heavy atom. The van der Waals surface area contributed by atoms with Crippen LogP contribution in [-0.2, 0) is 4.79 Å². The van der Waals surface area contributed by atoms with Crippen molar-refractivity contribution in [1.29, 1.82) is 0 Å². The lowest BCUT2D eigenvalue weighted by molar-refractivity contribution is -0.118. The lowest BCUT2D eigenvalue weighted by atomic mass is 10.1. The number of rotatable bonds is 3. The van der Waals surface area contributed by atoms with Gasteiger partial charge in [0.1, 0.15) is 0 Å². The molecule has 0 saturated heterocycles. The molecule has 2 saturated carbocycles. The summed E-state index contributed by atoms with van der Waals surface area (Å²) in [5, 5.41) is 3.03. The fraction of sp³-hybridized carbons (Fsp3) is 0.533. The lowest BCUT2D eigenvalue weighted by Crippen LogP contribution is -2.17. The number of hydrogen-bond acceptors (Lipinski definition) is 2. The number of amides is 1. The number of fused-ring (bicyclic) bond motifs is 1. The van der Waals surface area contributed by atoms with E-state index in [0.29, 0.717) is 11.8 Å². The van der Waals surface area contributed by atoms with Crippen LogP contribution < -0.4 is 11.1 Å². The number of nitrogens with one attached hydrogen (secondary N) is 1. The van der Waals surface area contributed by atoms with E-state index in [9.17, 15) is 4.79 Å². The van der Waals surface area contributed by atoms with Crippen LogP contribution in [0.15, 0.2) is 24.3 Å². The maximum atomic E-state index is 12.1. The third kappa shape index (κ3) is 2.03. The molecule has 96 valence electrons. The average Bonchev–Trinajstić information content (AvgIpc) is 2.84. The fourth-order valence-corrected chi connectivity index (χ4v) is 3.34. The highest BCUT2D eigenvalue weighted by Crippen LogP contribution is 2.57. The first-order chi connectivity index (χ1) is 8.66. The van der Waals surface area contributed by atoms with E-state index in [2.05, 4.69) is 5.32 Å². The van der Waals surface area contributed by atoms with Crippen molar-refractivity contribution in [2.24, 2.45) is 23.5 Å². The first-order valence-electron chi connectivity index (χ1n) is 6.83. The van der Waals surface area contributed by atoms with Crippen LogP contribution >= 0.6 is 0 Å². The molecule has 0 bridgehead atoms. The van der Waals surface area contributed by atoms with Gasteiger partial charge in [-0.3, -0.25) is 4.79 Å². The lowest BCUT2D eigenvalue weighted by Gasteiger charge is -2.10. The van der Waals surface area contributed by atoms with Gasteiger partial charge < -0.3 is 11.1 Å². The van der Waals surface area contributed by atoms with Crippen LogP contribution in [0.2, 0.25) is 0 Å². The molecule has 2 aliphatic carbocycles. The minimum Gasteiger partial charge on any atom is -0.326 e. The van der Waals surface area contributed by atoms with E-state index in [0.717, 1.165) is 11.3 Å². The van der Waals surface area contributed by atoms with Crippen LogP contribution in [0, 0.1) is 17.8 Å².